The number of likely N-dealkylation sites (tertiary alicyclic amines) is 1. The van der Waals surface area contributed by atoms with Crippen molar-refractivity contribution < 1.29 is 27.9 Å². The van der Waals surface area contributed by atoms with Gasteiger partial charge in [0.05, 0.1) is 6.04 Å². The number of hydrogen-bond donors (Lipinski definition) is 0. The van der Waals surface area contributed by atoms with Crippen LogP contribution in [0.25, 0.3) is 0 Å². The van der Waals surface area contributed by atoms with Gasteiger partial charge < -0.3 is 9.64 Å². The van der Waals surface area contributed by atoms with Crippen LogP contribution < -0.4 is 0 Å². The Hall–Kier alpha value is -1.79. The number of unbranched alkanes of at least 4 members (excludes halogenated alkanes) is 4. The van der Waals surface area contributed by atoms with Gasteiger partial charge in [-0.3, -0.25) is 14.4 Å². The van der Waals surface area contributed by atoms with Crippen molar-refractivity contribution in [2.24, 2.45) is 0 Å². The fourth-order valence-corrected chi connectivity index (χ4v) is 3.39. The molecular weight excluding hydrogens is 392 g/mol. The molecule has 0 spiro atoms. The van der Waals surface area contributed by atoms with Gasteiger partial charge in [-0.1, -0.05) is 32.3 Å². The van der Waals surface area contributed by atoms with Crippen LogP contribution >= 0.6 is 0 Å². The first-order chi connectivity index (χ1) is 14.0. The molecule has 0 aliphatic carbocycles. The Balaban J connectivity index is 2.38. The maximum Gasteiger partial charge on any atom is 0.309 e. The number of ketones is 1. The molecule has 1 heterocycles. The number of alkyl halides is 2. The molecule has 0 bridgehead atoms. The maximum absolute atomic E-state index is 13.8. The van der Waals surface area contributed by atoms with Gasteiger partial charge in [0, 0.05) is 25.8 Å². The van der Waals surface area contributed by atoms with E-state index in [0.717, 1.165) is 31.8 Å². The third-order valence-corrected chi connectivity index (χ3v) is 5.00. The molecule has 0 N–H and O–H groups in total. The lowest BCUT2D eigenvalue weighted by Crippen LogP contribution is -2.33. The summed E-state index contributed by atoms with van der Waals surface area (Å²) in [6, 6.07) is -0.301. The molecule has 0 radical (unpaired) electrons. The lowest BCUT2D eigenvalue weighted by molar-refractivity contribution is -0.155. The fraction of sp³-hybridized carbons (Fsp3) is 0.783. The Morgan fingerprint density at radius 2 is 1.80 bits per heavy atom. The van der Waals surface area contributed by atoms with Crippen molar-refractivity contribution in [2.45, 2.75) is 109 Å². The van der Waals surface area contributed by atoms with Crippen LogP contribution in [0, 0.1) is 0 Å². The van der Waals surface area contributed by atoms with Crippen LogP contribution in [0.1, 0.15) is 91.9 Å². The van der Waals surface area contributed by atoms with Gasteiger partial charge in [-0.05, 0) is 52.5 Å². The van der Waals surface area contributed by atoms with Gasteiger partial charge in [-0.2, -0.15) is 8.78 Å². The van der Waals surface area contributed by atoms with E-state index in [1.165, 1.54) is 6.08 Å². The lowest BCUT2D eigenvalue weighted by atomic mass is 10.1. The molecule has 1 rings (SSSR count). The van der Waals surface area contributed by atoms with Gasteiger partial charge in [0.2, 0.25) is 11.7 Å². The second kappa shape index (κ2) is 12.2. The van der Waals surface area contributed by atoms with Gasteiger partial charge >= 0.3 is 11.9 Å². The molecule has 0 aromatic carbocycles. The van der Waals surface area contributed by atoms with Crippen molar-refractivity contribution in [3.8, 4) is 0 Å². The fourth-order valence-electron chi connectivity index (χ4n) is 3.39. The molecule has 1 saturated heterocycles. The molecule has 30 heavy (non-hydrogen) atoms. The quantitative estimate of drug-likeness (QED) is 0.229. The van der Waals surface area contributed by atoms with Crippen LogP contribution in [0.2, 0.25) is 0 Å². The van der Waals surface area contributed by atoms with Crippen LogP contribution in [-0.4, -0.2) is 46.7 Å². The molecule has 5 nitrogen and oxygen atoms in total. The summed E-state index contributed by atoms with van der Waals surface area (Å²) in [4.78, 5) is 37.3. The summed E-state index contributed by atoms with van der Waals surface area (Å²) in [6.07, 6.45) is 7.37. The second-order valence-electron chi connectivity index (χ2n) is 8.98. The molecule has 1 fully saturated rings. The first-order valence-electron chi connectivity index (χ1n) is 11.1. The van der Waals surface area contributed by atoms with Crippen LogP contribution in [0.5, 0.6) is 0 Å². The normalized spacial score (nSPS) is 17.7. The Bertz CT molecular complexity index is 611. The number of allylic oxidation sites excluding steroid dienone is 1. The van der Waals surface area contributed by atoms with E-state index in [0.29, 0.717) is 38.6 Å². The number of hydrogen-bond acceptors (Lipinski definition) is 4. The van der Waals surface area contributed by atoms with Crippen molar-refractivity contribution >= 4 is 17.7 Å². The lowest BCUT2D eigenvalue weighted by Gasteiger charge is -2.22. The van der Waals surface area contributed by atoms with E-state index in [-0.39, 0.29) is 17.9 Å². The Labute approximate surface area is 179 Å². The standard InChI is InChI=1S/C23H37F2NO4/c1-5-6-16-23(24,25)19(27)14-12-18-13-15-20(28)26(18)17-10-8-7-9-11-21(29)30-22(2,3)4/h12,14,18H,5-11,13,15-17H2,1-4H3/b14-12+. The van der Waals surface area contributed by atoms with E-state index >= 15 is 0 Å². The average Bonchev–Trinajstić information content (AvgIpc) is 2.99. The van der Waals surface area contributed by atoms with Crippen LogP contribution in [-0.2, 0) is 19.1 Å². The first-order valence-corrected chi connectivity index (χ1v) is 11.1. The second-order valence-corrected chi connectivity index (χ2v) is 8.98. The first kappa shape index (κ1) is 26.2. The zero-order valence-electron chi connectivity index (χ0n) is 18.8. The number of carbonyl (C=O) groups is 3. The van der Waals surface area contributed by atoms with Crippen molar-refractivity contribution in [2.75, 3.05) is 6.54 Å². The third kappa shape index (κ3) is 9.81. The van der Waals surface area contributed by atoms with Gasteiger partial charge in [0.1, 0.15) is 5.60 Å². The van der Waals surface area contributed by atoms with Crippen LogP contribution in [0.15, 0.2) is 12.2 Å². The van der Waals surface area contributed by atoms with Gasteiger partial charge in [0.25, 0.3) is 0 Å². The summed E-state index contributed by atoms with van der Waals surface area (Å²) in [6.45, 7) is 7.84. The van der Waals surface area contributed by atoms with E-state index < -0.39 is 23.7 Å². The number of nitrogens with zero attached hydrogens (tertiary/aromatic N) is 1. The highest BCUT2D eigenvalue weighted by molar-refractivity contribution is 5.95. The summed E-state index contributed by atoms with van der Waals surface area (Å²) in [5.74, 6) is -4.74. The van der Waals surface area contributed by atoms with Crippen molar-refractivity contribution in [3.63, 3.8) is 0 Å². The van der Waals surface area contributed by atoms with Crippen molar-refractivity contribution in [3.05, 3.63) is 12.2 Å². The topological polar surface area (TPSA) is 63.7 Å². The molecule has 1 atom stereocenters. The highest BCUT2D eigenvalue weighted by Crippen LogP contribution is 2.25. The van der Waals surface area contributed by atoms with E-state index in [2.05, 4.69) is 0 Å². The molecule has 0 aromatic rings. The summed E-state index contributed by atoms with van der Waals surface area (Å²) >= 11 is 0. The molecule has 7 heteroatoms. The number of esters is 1. The smallest absolute Gasteiger partial charge is 0.309 e. The highest BCUT2D eigenvalue weighted by atomic mass is 19.3. The summed E-state index contributed by atoms with van der Waals surface area (Å²) in [5.41, 5.74) is -0.475. The number of rotatable bonds is 13. The highest BCUT2D eigenvalue weighted by Gasteiger charge is 2.36. The number of carbonyl (C=O) groups excluding carboxylic acids is 3. The molecule has 172 valence electrons. The number of ether oxygens (including phenoxy) is 1. The van der Waals surface area contributed by atoms with Gasteiger partial charge in [0.15, 0.2) is 0 Å². The maximum atomic E-state index is 13.8. The van der Waals surface area contributed by atoms with E-state index in [9.17, 15) is 23.2 Å². The van der Waals surface area contributed by atoms with Crippen molar-refractivity contribution in [1.29, 1.82) is 0 Å². The molecule has 0 saturated carbocycles. The molecule has 1 unspecified atom stereocenters. The Morgan fingerprint density at radius 1 is 1.13 bits per heavy atom. The summed E-state index contributed by atoms with van der Waals surface area (Å²) in [7, 11) is 0. The van der Waals surface area contributed by atoms with E-state index in [1.54, 1.807) is 11.8 Å². The molecular formula is C23H37F2NO4. The predicted molar refractivity (Wildman–Crippen MR) is 112 cm³/mol. The Kier molecular flexibility index (Phi) is 10.6. The minimum atomic E-state index is -3.34. The molecule has 1 aliphatic heterocycles. The van der Waals surface area contributed by atoms with E-state index in [4.69, 9.17) is 4.74 Å². The van der Waals surface area contributed by atoms with E-state index in [1.807, 2.05) is 20.8 Å². The van der Waals surface area contributed by atoms with Crippen LogP contribution in [0.4, 0.5) is 8.78 Å². The number of halogens is 2. The molecule has 1 amide bonds. The zero-order chi connectivity index (χ0) is 22.8. The monoisotopic (exact) mass is 429 g/mol. The van der Waals surface area contributed by atoms with Crippen LogP contribution in [0.3, 0.4) is 0 Å². The van der Waals surface area contributed by atoms with Gasteiger partial charge in [-0.25, -0.2) is 0 Å². The zero-order valence-corrected chi connectivity index (χ0v) is 18.8. The predicted octanol–water partition coefficient (Wildman–Crippen LogP) is 5.22. The summed E-state index contributed by atoms with van der Waals surface area (Å²) in [5, 5.41) is 0. The Morgan fingerprint density at radius 3 is 2.43 bits per heavy atom. The summed E-state index contributed by atoms with van der Waals surface area (Å²) < 4.78 is 32.9. The minimum absolute atomic E-state index is 0.0106. The van der Waals surface area contributed by atoms with Gasteiger partial charge in [-0.15, -0.1) is 0 Å². The largest absolute Gasteiger partial charge is 0.460 e. The van der Waals surface area contributed by atoms with Crippen molar-refractivity contribution in [1.82, 2.24) is 4.90 Å². The average molecular weight is 430 g/mol. The SMILES string of the molecule is CCCCC(F)(F)C(=O)/C=C/C1CCC(=O)N1CCCCCCC(=O)OC(C)(C)C. The minimum Gasteiger partial charge on any atom is -0.460 e. The number of amides is 1. The molecule has 1 aliphatic rings. The third-order valence-electron chi connectivity index (χ3n) is 5.00. The molecule has 0 aromatic heterocycles.